The summed E-state index contributed by atoms with van der Waals surface area (Å²) in [5.41, 5.74) is 5.37. The molecule has 0 aromatic heterocycles. The number of nitrogens with zero attached hydrogens (tertiary/aromatic N) is 2. The lowest BCUT2D eigenvalue weighted by molar-refractivity contribution is -0.126. The fourth-order valence-corrected chi connectivity index (χ4v) is 5.60. The van der Waals surface area contributed by atoms with E-state index in [0.29, 0.717) is 18.9 Å². The molecule has 2 saturated heterocycles. The molecule has 3 heterocycles. The van der Waals surface area contributed by atoms with Crippen molar-refractivity contribution in [3.05, 3.63) is 70.6 Å². The molecule has 0 spiro atoms. The molecule has 3 aliphatic heterocycles. The Morgan fingerprint density at radius 3 is 2.61 bits per heavy atom. The van der Waals surface area contributed by atoms with E-state index < -0.39 is 6.04 Å². The first-order chi connectivity index (χ1) is 16.0. The third-order valence-corrected chi connectivity index (χ3v) is 7.60. The molecular weight excluding hydrogens is 414 g/mol. The van der Waals surface area contributed by atoms with Crippen molar-refractivity contribution in [1.82, 2.24) is 15.1 Å². The molecule has 174 valence electrons. The number of likely N-dealkylation sites (tertiary alicyclic amines) is 1. The van der Waals surface area contributed by atoms with Crippen LogP contribution in [0.25, 0.3) is 0 Å². The molecule has 33 heavy (non-hydrogen) atoms. The zero-order chi connectivity index (χ0) is 22.9. The molecule has 1 N–H and O–H groups in total. The van der Waals surface area contributed by atoms with Crippen LogP contribution in [0.1, 0.15) is 65.9 Å². The van der Waals surface area contributed by atoms with Crippen LogP contribution in [0.3, 0.4) is 0 Å². The van der Waals surface area contributed by atoms with Crippen molar-refractivity contribution < 1.29 is 14.3 Å². The Kier molecular flexibility index (Phi) is 6.11. The second-order valence-corrected chi connectivity index (χ2v) is 9.71. The van der Waals surface area contributed by atoms with Crippen molar-refractivity contribution >= 4 is 11.8 Å². The standard InChI is InChI=1S/C27H33N3O3/c1-18-3-10-25(26(31)28-18)30-17-22-15-21(6-9-24(22)27(30)32)20-11-13-29(14-12-20)16-19-4-7-23(33-2)8-5-19/h4,6-7,9,15,20,25H,1,3,5,8,10-14,16-17H2,2H3,(H,28,31). The number of piperidine rings is 2. The van der Waals surface area contributed by atoms with Gasteiger partial charge in [-0.2, -0.15) is 0 Å². The SMILES string of the molecule is C=C1CCC(N2Cc3cc(C4CCN(CC5=CC=C(OC)CC5)CC4)ccc3C2=O)C(=O)N1. The Labute approximate surface area is 196 Å². The van der Waals surface area contributed by atoms with Gasteiger partial charge in [0.2, 0.25) is 5.91 Å². The fraction of sp³-hybridized carbons (Fsp3) is 0.481. The van der Waals surface area contributed by atoms with Gasteiger partial charge in [0.1, 0.15) is 6.04 Å². The van der Waals surface area contributed by atoms with Crippen LogP contribution < -0.4 is 5.32 Å². The van der Waals surface area contributed by atoms with Crippen LogP contribution in [0.15, 0.2) is 54.0 Å². The summed E-state index contributed by atoms with van der Waals surface area (Å²) in [7, 11) is 1.74. The van der Waals surface area contributed by atoms with E-state index in [-0.39, 0.29) is 11.8 Å². The number of ether oxygens (including phenoxy) is 1. The van der Waals surface area contributed by atoms with Gasteiger partial charge in [0.05, 0.1) is 12.9 Å². The summed E-state index contributed by atoms with van der Waals surface area (Å²) in [5, 5.41) is 2.81. The van der Waals surface area contributed by atoms with Crippen molar-refractivity contribution in [3.63, 3.8) is 0 Å². The predicted octanol–water partition coefficient (Wildman–Crippen LogP) is 3.86. The minimum Gasteiger partial charge on any atom is -0.501 e. The molecule has 6 heteroatoms. The van der Waals surface area contributed by atoms with Crippen LogP contribution >= 0.6 is 0 Å². The highest BCUT2D eigenvalue weighted by atomic mass is 16.5. The summed E-state index contributed by atoms with van der Waals surface area (Å²) < 4.78 is 5.34. The van der Waals surface area contributed by atoms with Crippen LogP contribution in [0, 0.1) is 0 Å². The largest absolute Gasteiger partial charge is 0.501 e. The van der Waals surface area contributed by atoms with Gasteiger partial charge in [-0.05, 0) is 74.4 Å². The molecule has 0 saturated carbocycles. The number of nitrogens with one attached hydrogen (secondary N) is 1. The van der Waals surface area contributed by atoms with Gasteiger partial charge in [0, 0.05) is 30.8 Å². The van der Waals surface area contributed by atoms with Gasteiger partial charge < -0.3 is 15.0 Å². The Bertz CT molecular complexity index is 1030. The molecule has 0 bridgehead atoms. The Morgan fingerprint density at radius 1 is 1.09 bits per heavy atom. The number of carbonyl (C=O) groups excluding carboxylic acids is 2. The number of carbonyl (C=O) groups is 2. The molecule has 5 rings (SSSR count). The molecule has 1 unspecified atom stereocenters. The molecule has 4 aliphatic rings. The number of rotatable bonds is 5. The monoisotopic (exact) mass is 447 g/mol. The van der Waals surface area contributed by atoms with Crippen LogP contribution in [-0.2, 0) is 16.1 Å². The Hall–Kier alpha value is -2.86. The molecule has 1 atom stereocenters. The van der Waals surface area contributed by atoms with Gasteiger partial charge >= 0.3 is 0 Å². The fourth-order valence-electron chi connectivity index (χ4n) is 5.60. The number of hydrogen-bond donors (Lipinski definition) is 1. The summed E-state index contributed by atoms with van der Waals surface area (Å²) in [4.78, 5) is 29.7. The van der Waals surface area contributed by atoms with Crippen molar-refractivity contribution in [2.24, 2.45) is 0 Å². The van der Waals surface area contributed by atoms with Crippen LogP contribution in [0.4, 0.5) is 0 Å². The van der Waals surface area contributed by atoms with Gasteiger partial charge in [-0.25, -0.2) is 0 Å². The number of allylic oxidation sites excluding steroid dienone is 4. The van der Waals surface area contributed by atoms with Crippen molar-refractivity contribution in [2.75, 3.05) is 26.7 Å². The van der Waals surface area contributed by atoms with E-state index in [1.165, 1.54) is 11.1 Å². The third kappa shape index (κ3) is 4.49. The van der Waals surface area contributed by atoms with E-state index in [1.54, 1.807) is 12.0 Å². The second kappa shape index (κ2) is 9.18. The van der Waals surface area contributed by atoms with Crippen LogP contribution in [0.5, 0.6) is 0 Å². The molecule has 1 aromatic rings. The normalized spacial score (nSPS) is 24.3. The smallest absolute Gasteiger partial charge is 0.255 e. The third-order valence-electron chi connectivity index (χ3n) is 7.60. The molecule has 0 radical (unpaired) electrons. The zero-order valence-electron chi connectivity index (χ0n) is 19.4. The molecule has 1 aromatic carbocycles. The van der Waals surface area contributed by atoms with E-state index in [1.807, 2.05) is 6.07 Å². The summed E-state index contributed by atoms with van der Waals surface area (Å²) in [5.74, 6) is 1.46. The van der Waals surface area contributed by atoms with Crippen molar-refractivity contribution in [2.45, 2.75) is 57.0 Å². The summed E-state index contributed by atoms with van der Waals surface area (Å²) in [6.45, 7) is 7.60. The average Bonchev–Trinajstić information content (AvgIpc) is 3.15. The predicted molar refractivity (Wildman–Crippen MR) is 127 cm³/mol. The lowest BCUT2D eigenvalue weighted by Gasteiger charge is -2.33. The molecule has 2 fully saturated rings. The van der Waals surface area contributed by atoms with E-state index >= 15 is 0 Å². The minimum atomic E-state index is -0.397. The van der Waals surface area contributed by atoms with Gasteiger partial charge in [0.25, 0.3) is 5.91 Å². The highest BCUT2D eigenvalue weighted by Gasteiger charge is 2.38. The topological polar surface area (TPSA) is 61.9 Å². The van der Waals surface area contributed by atoms with E-state index in [0.717, 1.165) is 74.3 Å². The van der Waals surface area contributed by atoms with E-state index in [9.17, 15) is 9.59 Å². The van der Waals surface area contributed by atoms with Gasteiger partial charge in [-0.15, -0.1) is 0 Å². The van der Waals surface area contributed by atoms with Crippen LogP contribution in [0.2, 0.25) is 0 Å². The summed E-state index contributed by atoms with van der Waals surface area (Å²) in [6.07, 6.45) is 10.1. The number of fused-ring (bicyclic) bond motifs is 1. The first-order valence-corrected chi connectivity index (χ1v) is 12.1. The maximum absolute atomic E-state index is 13.0. The van der Waals surface area contributed by atoms with Crippen molar-refractivity contribution in [1.29, 1.82) is 0 Å². The highest BCUT2D eigenvalue weighted by Crippen LogP contribution is 2.34. The van der Waals surface area contributed by atoms with Gasteiger partial charge in [-0.1, -0.05) is 30.4 Å². The summed E-state index contributed by atoms with van der Waals surface area (Å²) >= 11 is 0. The van der Waals surface area contributed by atoms with Crippen LogP contribution in [-0.4, -0.2) is 54.4 Å². The number of hydrogen-bond acceptors (Lipinski definition) is 4. The van der Waals surface area contributed by atoms with E-state index in [4.69, 9.17) is 4.74 Å². The molecule has 6 nitrogen and oxygen atoms in total. The Balaban J connectivity index is 1.20. The van der Waals surface area contributed by atoms with Gasteiger partial charge in [0.15, 0.2) is 0 Å². The first-order valence-electron chi connectivity index (χ1n) is 12.1. The minimum absolute atomic E-state index is 0.0227. The van der Waals surface area contributed by atoms with Crippen molar-refractivity contribution in [3.8, 4) is 0 Å². The first kappa shape index (κ1) is 22.0. The summed E-state index contributed by atoms with van der Waals surface area (Å²) in [6, 6.07) is 5.93. The van der Waals surface area contributed by atoms with E-state index in [2.05, 4.69) is 41.1 Å². The molecule has 1 aliphatic carbocycles. The highest BCUT2D eigenvalue weighted by molar-refractivity contribution is 6.01. The number of benzene rings is 1. The number of amides is 2. The average molecular weight is 448 g/mol. The molecular formula is C27H33N3O3. The number of methoxy groups -OCH3 is 1. The maximum atomic E-state index is 13.0. The lowest BCUT2D eigenvalue weighted by Crippen LogP contribution is -2.49. The zero-order valence-corrected chi connectivity index (χ0v) is 19.4. The quantitative estimate of drug-likeness (QED) is 0.745. The van der Waals surface area contributed by atoms with Gasteiger partial charge in [-0.3, -0.25) is 14.5 Å². The Morgan fingerprint density at radius 2 is 1.91 bits per heavy atom. The lowest BCUT2D eigenvalue weighted by atomic mass is 9.87. The maximum Gasteiger partial charge on any atom is 0.255 e. The second-order valence-electron chi connectivity index (χ2n) is 9.71. The molecule has 2 amide bonds.